The first-order chi connectivity index (χ1) is 12.0. The minimum atomic E-state index is -0.0608. The quantitative estimate of drug-likeness (QED) is 0.650. The highest BCUT2D eigenvalue weighted by atomic mass is 35.5. The molecule has 0 amide bonds. The number of rotatable bonds is 4. The molecule has 7 heteroatoms. The van der Waals surface area contributed by atoms with Gasteiger partial charge in [-0.25, -0.2) is 4.68 Å². The van der Waals surface area contributed by atoms with Crippen LogP contribution in [0, 0.1) is 12.3 Å². The van der Waals surface area contributed by atoms with E-state index in [2.05, 4.69) is 27.0 Å². The van der Waals surface area contributed by atoms with E-state index in [1.165, 1.54) is 10.4 Å². The Kier molecular flexibility index (Phi) is 5.40. The van der Waals surface area contributed by atoms with Gasteiger partial charge in [-0.15, -0.1) is 0 Å². The molecule has 1 aliphatic heterocycles. The van der Waals surface area contributed by atoms with Crippen molar-refractivity contribution in [2.24, 2.45) is 5.73 Å². The van der Waals surface area contributed by atoms with Crippen LogP contribution < -0.4 is 10.6 Å². The van der Waals surface area contributed by atoms with E-state index < -0.39 is 0 Å². The van der Waals surface area contributed by atoms with E-state index >= 15 is 0 Å². The number of hydrogen-bond acceptors (Lipinski definition) is 4. The van der Waals surface area contributed by atoms with Crippen molar-refractivity contribution in [2.75, 3.05) is 37.6 Å². The fraction of sp³-hybridized carbons (Fsp3) is 0.333. The molecule has 132 valence electrons. The summed E-state index contributed by atoms with van der Waals surface area (Å²) in [6.07, 6.45) is 5.93. The molecule has 0 atom stereocenters. The maximum Gasteiger partial charge on any atom is 0.213 e. The maximum atomic E-state index is 7.46. The molecule has 1 aliphatic rings. The van der Waals surface area contributed by atoms with Crippen LogP contribution in [0.25, 0.3) is 6.08 Å². The molecular weight excluding hydrogens is 336 g/mol. The highest BCUT2D eigenvalue weighted by Crippen LogP contribution is 2.20. The summed E-state index contributed by atoms with van der Waals surface area (Å²) in [5.74, 6) is -0.0608. The van der Waals surface area contributed by atoms with Gasteiger partial charge < -0.3 is 10.6 Å². The molecule has 2 heterocycles. The Labute approximate surface area is 153 Å². The lowest BCUT2D eigenvalue weighted by Crippen LogP contribution is -2.46. The van der Waals surface area contributed by atoms with E-state index in [-0.39, 0.29) is 5.96 Å². The number of benzene rings is 1. The maximum absolute atomic E-state index is 7.46. The van der Waals surface area contributed by atoms with Gasteiger partial charge in [0.15, 0.2) is 0 Å². The molecular formula is C18H23ClN6. The van der Waals surface area contributed by atoms with Crippen molar-refractivity contribution in [3.05, 3.63) is 52.8 Å². The Balaban J connectivity index is 1.52. The Morgan fingerprint density at radius 3 is 2.72 bits per heavy atom. The number of nitrogen functional groups attached to an aromatic ring is 1. The smallest absolute Gasteiger partial charge is 0.213 e. The Bertz CT molecular complexity index is 774. The zero-order chi connectivity index (χ0) is 17.8. The normalized spacial score (nSPS) is 15.8. The van der Waals surface area contributed by atoms with Crippen molar-refractivity contribution >= 4 is 29.3 Å². The highest BCUT2D eigenvalue weighted by Gasteiger charge is 2.16. The average molecular weight is 359 g/mol. The van der Waals surface area contributed by atoms with Crippen LogP contribution in [0.4, 0.5) is 5.69 Å². The van der Waals surface area contributed by atoms with Gasteiger partial charge in [0.05, 0.1) is 11.9 Å². The molecule has 0 bridgehead atoms. The van der Waals surface area contributed by atoms with Crippen LogP contribution in [0.3, 0.4) is 0 Å². The van der Waals surface area contributed by atoms with Gasteiger partial charge in [0.2, 0.25) is 5.96 Å². The number of piperazine rings is 1. The molecule has 2 aromatic rings. The Morgan fingerprint density at radius 1 is 1.32 bits per heavy atom. The van der Waals surface area contributed by atoms with Crippen molar-refractivity contribution in [1.82, 2.24) is 14.7 Å². The molecule has 6 nitrogen and oxygen atoms in total. The summed E-state index contributed by atoms with van der Waals surface area (Å²) < 4.78 is 1.43. The third-order valence-corrected chi connectivity index (χ3v) is 4.72. The molecule has 1 aromatic carbocycles. The van der Waals surface area contributed by atoms with Gasteiger partial charge in [-0.1, -0.05) is 29.8 Å². The fourth-order valence-corrected chi connectivity index (χ4v) is 3.20. The summed E-state index contributed by atoms with van der Waals surface area (Å²) in [4.78, 5) is 4.79. The second-order valence-electron chi connectivity index (χ2n) is 6.15. The van der Waals surface area contributed by atoms with Gasteiger partial charge in [0.1, 0.15) is 0 Å². The highest BCUT2D eigenvalue weighted by molar-refractivity contribution is 6.30. The van der Waals surface area contributed by atoms with Gasteiger partial charge in [0.25, 0.3) is 0 Å². The standard InChI is InChI=1S/C18H23ClN6/c1-14-15(13-22-25(14)18(20)21)4-3-7-23-8-10-24(11-9-23)17-6-2-5-16(19)12-17/h2-6,12-13H,7-11H2,1H3,(H3,20,21). The third kappa shape index (κ3) is 4.21. The van der Waals surface area contributed by atoms with E-state index in [4.69, 9.17) is 22.7 Å². The number of anilines is 1. The van der Waals surface area contributed by atoms with Crippen LogP contribution in [0.2, 0.25) is 5.02 Å². The summed E-state index contributed by atoms with van der Waals surface area (Å²) in [6, 6.07) is 8.03. The van der Waals surface area contributed by atoms with Crippen LogP contribution in [0.1, 0.15) is 11.3 Å². The monoisotopic (exact) mass is 358 g/mol. The number of aromatic nitrogens is 2. The molecule has 0 radical (unpaired) electrons. The number of nitrogens with zero attached hydrogens (tertiary/aromatic N) is 4. The van der Waals surface area contributed by atoms with E-state index in [0.717, 1.165) is 49.0 Å². The van der Waals surface area contributed by atoms with Crippen molar-refractivity contribution in [2.45, 2.75) is 6.92 Å². The van der Waals surface area contributed by atoms with Gasteiger partial charge in [-0.3, -0.25) is 10.3 Å². The molecule has 1 aromatic heterocycles. The van der Waals surface area contributed by atoms with Crippen molar-refractivity contribution in [1.29, 1.82) is 5.41 Å². The summed E-state index contributed by atoms with van der Waals surface area (Å²) in [6.45, 7) is 6.84. The molecule has 0 spiro atoms. The van der Waals surface area contributed by atoms with E-state index in [1.54, 1.807) is 6.20 Å². The topological polar surface area (TPSA) is 74.2 Å². The van der Waals surface area contributed by atoms with Crippen LogP contribution in [-0.2, 0) is 0 Å². The summed E-state index contributed by atoms with van der Waals surface area (Å²) >= 11 is 6.08. The fourth-order valence-electron chi connectivity index (χ4n) is 3.02. The van der Waals surface area contributed by atoms with Crippen LogP contribution in [0.5, 0.6) is 0 Å². The van der Waals surface area contributed by atoms with E-state index in [1.807, 2.05) is 31.2 Å². The summed E-state index contributed by atoms with van der Waals surface area (Å²) in [5.41, 5.74) is 8.55. The number of hydrogen-bond donors (Lipinski definition) is 2. The Morgan fingerprint density at radius 2 is 2.08 bits per heavy atom. The van der Waals surface area contributed by atoms with Gasteiger partial charge in [-0.05, 0) is 25.1 Å². The van der Waals surface area contributed by atoms with Crippen LogP contribution >= 0.6 is 11.6 Å². The first-order valence-corrected chi connectivity index (χ1v) is 8.71. The minimum Gasteiger partial charge on any atom is -0.369 e. The molecule has 1 saturated heterocycles. The largest absolute Gasteiger partial charge is 0.369 e. The molecule has 25 heavy (non-hydrogen) atoms. The SMILES string of the molecule is Cc1c(C=CCN2CCN(c3cccc(Cl)c3)CC2)cnn1C(=N)N. The number of halogens is 1. The second-order valence-corrected chi connectivity index (χ2v) is 6.59. The first kappa shape index (κ1) is 17.5. The Hall–Kier alpha value is -2.31. The van der Waals surface area contributed by atoms with Crippen molar-refractivity contribution < 1.29 is 0 Å². The minimum absolute atomic E-state index is 0.0608. The molecule has 0 saturated carbocycles. The first-order valence-electron chi connectivity index (χ1n) is 8.33. The van der Waals surface area contributed by atoms with Gasteiger partial charge >= 0.3 is 0 Å². The lowest BCUT2D eigenvalue weighted by Gasteiger charge is -2.35. The van der Waals surface area contributed by atoms with Gasteiger partial charge in [-0.2, -0.15) is 5.10 Å². The zero-order valence-electron chi connectivity index (χ0n) is 14.3. The van der Waals surface area contributed by atoms with Crippen molar-refractivity contribution in [3.63, 3.8) is 0 Å². The molecule has 3 rings (SSSR count). The van der Waals surface area contributed by atoms with Gasteiger partial charge in [0, 0.05) is 49.0 Å². The van der Waals surface area contributed by atoms with E-state index in [9.17, 15) is 0 Å². The van der Waals surface area contributed by atoms with Crippen molar-refractivity contribution in [3.8, 4) is 0 Å². The predicted molar refractivity (Wildman–Crippen MR) is 103 cm³/mol. The zero-order valence-corrected chi connectivity index (χ0v) is 15.1. The number of nitrogens with one attached hydrogen (secondary N) is 1. The summed E-state index contributed by atoms with van der Waals surface area (Å²) in [5, 5.41) is 12.4. The van der Waals surface area contributed by atoms with Crippen LogP contribution in [-0.4, -0.2) is 53.4 Å². The third-order valence-electron chi connectivity index (χ3n) is 4.48. The molecule has 0 unspecified atom stereocenters. The lowest BCUT2D eigenvalue weighted by atomic mass is 10.2. The lowest BCUT2D eigenvalue weighted by molar-refractivity contribution is 0.284. The summed E-state index contributed by atoms with van der Waals surface area (Å²) in [7, 11) is 0. The molecule has 0 aliphatic carbocycles. The van der Waals surface area contributed by atoms with Crippen LogP contribution in [0.15, 0.2) is 36.5 Å². The second kappa shape index (κ2) is 7.72. The molecule has 3 N–H and O–H groups in total. The number of nitrogens with two attached hydrogens (primary N) is 1. The average Bonchev–Trinajstić information content (AvgIpc) is 2.97. The predicted octanol–water partition coefficient (Wildman–Crippen LogP) is 2.42. The molecule has 1 fully saturated rings. The van der Waals surface area contributed by atoms with E-state index in [0.29, 0.717) is 0 Å².